The molecule has 3 aliphatic heterocycles. The molecule has 3 saturated heterocycles. The van der Waals surface area contributed by atoms with Crippen LogP contribution in [0.4, 0.5) is 0 Å². The summed E-state index contributed by atoms with van der Waals surface area (Å²) < 4.78 is 18.1. The van der Waals surface area contributed by atoms with E-state index in [0.717, 1.165) is 64.0 Å². The molecule has 6 aliphatic rings. The molecule has 6 rings (SSSR count). The highest BCUT2D eigenvalue weighted by molar-refractivity contribution is 5.83. The van der Waals surface area contributed by atoms with Crippen molar-refractivity contribution < 1.29 is 23.8 Å². The van der Waals surface area contributed by atoms with Crippen LogP contribution in [0.3, 0.4) is 0 Å². The van der Waals surface area contributed by atoms with Gasteiger partial charge in [-0.15, -0.1) is 0 Å². The maximum Gasteiger partial charge on any atom is 0.248 e. The van der Waals surface area contributed by atoms with Gasteiger partial charge in [0.1, 0.15) is 6.10 Å². The molecule has 2 N–H and O–H groups in total. The standard InChI is InChI=1S/C32H53N3O5/c1-19(31(36)34-16-7-10-20-8-5-4-6-9-20)40-21-11-13-25-24(18-21)22-15-17-33-28-23-12-14-26(38-2)30(39-3)27(23)32(37)35(25)29(22)28/h19-30,33H,4-18H2,1-3H3,(H,34,36)/t19-,21?,22?,23?,24?,25?,26?,27?,28?,29?,30?/m1/s1. The molecule has 3 heterocycles. The van der Waals surface area contributed by atoms with E-state index >= 15 is 0 Å². The van der Waals surface area contributed by atoms with Gasteiger partial charge in [-0.05, 0) is 88.5 Å². The van der Waals surface area contributed by atoms with Gasteiger partial charge in [0.05, 0.1) is 30.3 Å². The monoisotopic (exact) mass is 559 g/mol. The second-order valence-corrected chi connectivity index (χ2v) is 13.8. The highest BCUT2D eigenvalue weighted by atomic mass is 16.5. The Morgan fingerprint density at radius 1 is 1.00 bits per heavy atom. The topological polar surface area (TPSA) is 89.1 Å². The van der Waals surface area contributed by atoms with Gasteiger partial charge in [0.25, 0.3) is 0 Å². The lowest BCUT2D eigenvalue weighted by atomic mass is 9.64. The van der Waals surface area contributed by atoms with Crippen molar-refractivity contribution in [2.24, 2.45) is 29.6 Å². The molecule has 0 aromatic heterocycles. The molecular formula is C32H53N3O5. The first-order valence-corrected chi connectivity index (χ1v) is 16.6. The molecule has 226 valence electrons. The molecule has 0 aromatic rings. The third-order valence-electron chi connectivity index (χ3n) is 11.8. The summed E-state index contributed by atoms with van der Waals surface area (Å²) >= 11 is 0. The van der Waals surface area contributed by atoms with Crippen LogP contribution < -0.4 is 10.6 Å². The SMILES string of the molecule is COC1CCC2C3NCCC4C5CC(O[C@H](C)C(=O)NCCCC6CCCCC6)CCC5N(C(=O)C2C1OC)C43. The van der Waals surface area contributed by atoms with Gasteiger partial charge < -0.3 is 29.7 Å². The molecule has 2 amide bonds. The number of hydrogen-bond acceptors (Lipinski definition) is 6. The molecular weight excluding hydrogens is 506 g/mol. The number of methoxy groups -OCH3 is 2. The summed E-state index contributed by atoms with van der Waals surface area (Å²) in [5.74, 6) is 2.30. The zero-order chi connectivity index (χ0) is 27.8. The van der Waals surface area contributed by atoms with Gasteiger partial charge in [0.15, 0.2) is 0 Å². The average molecular weight is 560 g/mol. The lowest BCUT2D eigenvalue weighted by molar-refractivity contribution is -0.175. The molecule has 8 heteroatoms. The van der Waals surface area contributed by atoms with E-state index < -0.39 is 6.10 Å². The second-order valence-electron chi connectivity index (χ2n) is 13.8. The Labute approximate surface area is 241 Å². The van der Waals surface area contributed by atoms with Gasteiger partial charge in [-0.3, -0.25) is 9.59 Å². The highest BCUT2D eigenvalue weighted by Gasteiger charge is 2.64. The van der Waals surface area contributed by atoms with Crippen molar-refractivity contribution in [1.29, 1.82) is 0 Å². The molecule has 0 spiro atoms. The van der Waals surface area contributed by atoms with Crippen molar-refractivity contribution in [2.75, 3.05) is 27.3 Å². The maximum atomic E-state index is 14.2. The lowest BCUT2D eigenvalue weighted by Gasteiger charge is -2.55. The van der Waals surface area contributed by atoms with E-state index in [0.29, 0.717) is 29.7 Å². The van der Waals surface area contributed by atoms with Gasteiger partial charge in [-0.1, -0.05) is 32.1 Å². The van der Waals surface area contributed by atoms with Gasteiger partial charge in [0, 0.05) is 32.8 Å². The number of amides is 2. The minimum atomic E-state index is -0.432. The number of piperidine rings is 2. The molecule has 10 unspecified atom stereocenters. The number of rotatable bonds is 9. The van der Waals surface area contributed by atoms with Crippen LogP contribution >= 0.6 is 0 Å². The van der Waals surface area contributed by atoms with E-state index in [1.807, 2.05) is 6.92 Å². The summed E-state index contributed by atoms with van der Waals surface area (Å²) in [6.45, 7) is 3.67. The molecule has 11 atom stereocenters. The fraction of sp³-hybridized carbons (Fsp3) is 0.938. The number of nitrogens with one attached hydrogen (secondary N) is 2. The molecule has 0 bridgehead atoms. The minimum absolute atomic E-state index is 0.0198. The van der Waals surface area contributed by atoms with Crippen molar-refractivity contribution in [3.05, 3.63) is 0 Å². The van der Waals surface area contributed by atoms with Crippen molar-refractivity contribution in [3.8, 4) is 0 Å². The first-order chi connectivity index (χ1) is 19.5. The minimum Gasteiger partial charge on any atom is -0.379 e. The first-order valence-electron chi connectivity index (χ1n) is 16.6. The maximum absolute atomic E-state index is 14.2. The quantitative estimate of drug-likeness (QED) is 0.419. The first kappa shape index (κ1) is 28.9. The fourth-order valence-corrected chi connectivity index (χ4v) is 10.0. The van der Waals surface area contributed by atoms with E-state index in [9.17, 15) is 9.59 Å². The van der Waals surface area contributed by atoms with E-state index in [1.54, 1.807) is 14.2 Å². The molecule has 0 aromatic carbocycles. The number of carbonyl (C=O) groups is 2. The predicted octanol–water partition coefficient (Wildman–Crippen LogP) is 3.66. The van der Waals surface area contributed by atoms with Gasteiger partial charge in [-0.2, -0.15) is 0 Å². The molecule has 3 aliphatic carbocycles. The molecule has 40 heavy (non-hydrogen) atoms. The number of nitrogens with zero attached hydrogens (tertiary/aromatic N) is 1. The Morgan fingerprint density at radius 2 is 1.82 bits per heavy atom. The van der Waals surface area contributed by atoms with Gasteiger partial charge in [-0.25, -0.2) is 0 Å². The predicted molar refractivity (Wildman–Crippen MR) is 153 cm³/mol. The Kier molecular flexibility index (Phi) is 9.07. The second kappa shape index (κ2) is 12.6. The van der Waals surface area contributed by atoms with Crippen LogP contribution in [0.5, 0.6) is 0 Å². The summed E-state index contributed by atoms with van der Waals surface area (Å²) in [6.07, 6.45) is 14.5. The van der Waals surface area contributed by atoms with Crippen molar-refractivity contribution in [2.45, 2.75) is 133 Å². The summed E-state index contributed by atoms with van der Waals surface area (Å²) in [6, 6.07) is 0.882. The fourth-order valence-electron chi connectivity index (χ4n) is 10.0. The third kappa shape index (κ3) is 5.35. The molecule has 6 fully saturated rings. The number of ether oxygens (including phenoxy) is 3. The van der Waals surface area contributed by atoms with Crippen LogP contribution in [0.2, 0.25) is 0 Å². The van der Waals surface area contributed by atoms with Crippen LogP contribution in [-0.2, 0) is 23.8 Å². The smallest absolute Gasteiger partial charge is 0.248 e. The molecule has 3 saturated carbocycles. The highest BCUT2D eigenvalue weighted by Crippen LogP contribution is 2.54. The largest absolute Gasteiger partial charge is 0.379 e. The van der Waals surface area contributed by atoms with Crippen molar-refractivity contribution in [3.63, 3.8) is 0 Å². The van der Waals surface area contributed by atoms with Crippen LogP contribution in [0.25, 0.3) is 0 Å². The van der Waals surface area contributed by atoms with Crippen LogP contribution in [0, 0.1) is 29.6 Å². The number of hydrogen-bond donors (Lipinski definition) is 2. The Bertz CT molecular complexity index is 896. The van der Waals surface area contributed by atoms with Crippen molar-refractivity contribution >= 4 is 11.8 Å². The summed E-state index contributed by atoms with van der Waals surface area (Å²) in [7, 11) is 3.48. The number of carbonyl (C=O) groups excluding carboxylic acids is 2. The Hall–Kier alpha value is -1.22. The Morgan fingerprint density at radius 3 is 2.60 bits per heavy atom. The summed E-state index contributed by atoms with van der Waals surface area (Å²) in [4.78, 5) is 29.4. The molecule has 0 radical (unpaired) electrons. The van der Waals surface area contributed by atoms with Gasteiger partial charge >= 0.3 is 0 Å². The van der Waals surface area contributed by atoms with E-state index in [1.165, 1.54) is 38.5 Å². The summed E-state index contributed by atoms with van der Waals surface area (Å²) in [5, 5.41) is 7.00. The summed E-state index contributed by atoms with van der Waals surface area (Å²) in [5.41, 5.74) is 0. The number of fused-ring (bicyclic) bond motifs is 5. The van der Waals surface area contributed by atoms with E-state index in [2.05, 4.69) is 15.5 Å². The third-order valence-corrected chi connectivity index (χ3v) is 11.8. The Balaban J connectivity index is 1.06. The lowest BCUT2D eigenvalue weighted by Crippen LogP contribution is -2.70. The zero-order valence-corrected chi connectivity index (χ0v) is 25.0. The molecule has 8 nitrogen and oxygen atoms in total. The normalized spacial score (nSPS) is 42.1. The van der Waals surface area contributed by atoms with Gasteiger partial charge in [0.2, 0.25) is 11.8 Å². The van der Waals surface area contributed by atoms with Crippen LogP contribution in [0.15, 0.2) is 0 Å². The van der Waals surface area contributed by atoms with E-state index in [-0.39, 0.29) is 42.2 Å². The van der Waals surface area contributed by atoms with Crippen LogP contribution in [-0.4, -0.2) is 86.6 Å². The van der Waals surface area contributed by atoms with Crippen molar-refractivity contribution in [1.82, 2.24) is 15.5 Å². The average Bonchev–Trinajstić information content (AvgIpc) is 3.32. The zero-order valence-electron chi connectivity index (χ0n) is 25.0. The van der Waals surface area contributed by atoms with E-state index in [4.69, 9.17) is 14.2 Å². The van der Waals surface area contributed by atoms with Crippen LogP contribution in [0.1, 0.15) is 90.4 Å².